The molecular weight excluding hydrogens is 419 g/mol. The lowest BCUT2D eigenvalue weighted by Gasteiger charge is -2.32. The molecule has 9 heteroatoms. The van der Waals surface area contributed by atoms with Gasteiger partial charge in [-0.2, -0.15) is 4.98 Å². The van der Waals surface area contributed by atoms with Gasteiger partial charge in [0.05, 0.1) is 5.52 Å². The number of hydrogen-bond donors (Lipinski definition) is 1. The van der Waals surface area contributed by atoms with Crippen LogP contribution in [0.3, 0.4) is 0 Å². The van der Waals surface area contributed by atoms with E-state index in [4.69, 9.17) is 0 Å². The van der Waals surface area contributed by atoms with Crippen molar-refractivity contribution >= 4 is 28.2 Å². The van der Waals surface area contributed by atoms with Crippen molar-refractivity contribution in [1.29, 1.82) is 0 Å². The van der Waals surface area contributed by atoms with E-state index >= 15 is 0 Å². The first-order chi connectivity index (χ1) is 15.2. The van der Waals surface area contributed by atoms with E-state index < -0.39 is 23.1 Å². The van der Waals surface area contributed by atoms with Crippen LogP contribution in [0, 0.1) is 29.3 Å². The molecule has 0 saturated heterocycles. The highest BCUT2D eigenvalue weighted by molar-refractivity contribution is 5.94. The Hall–Kier alpha value is -3.64. The standard InChI is InChI=1S/C23H18F3N5O/c1-23(2,32)6-5-13-8-14(24)11-19-16(13)4-3-7-30(19)21-17-9-15(25)10-18(26)20(17)31-12-27-29-22(31)28-21/h8-12,32H,3-4,7H2,1-2H3. The lowest BCUT2D eigenvalue weighted by atomic mass is 9.95. The third-order valence-corrected chi connectivity index (χ3v) is 5.29. The largest absolute Gasteiger partial charge is 0.378 e. The third-order valence-electron chi connectivity index (χ3n) is 5.29. The Labute approximate surface area is 181 Å². The third kappa shape index (κ3) is 3.42. The van der Waals surface area contributed by atoms with Gasteiger partial charge >= 0.3 is 0 Å². The maximum Gasteiger partial charge on any atom is 0.257 e. The van der Waals surface area contributed by atoms with Crippen molar-refractivity contribution in [2.75, 3.05) is 11.4 Å². The molecule has 0 radical (unpaired) electrons. The van der Waals surface area contributed by atoms with Crippen molar-refractivity contribution in [1.82, 2.24) is 19.6 Å². The molecule has 6 nitrogen and oxygen atoms in total. The molecule has 2 aromatic carbocycles. The van der Waals surface area contributed by atoms with Gasteiger partial charge in [-0.3, -0.25) is 4.40 Å². The zero-order valence-electron chi connectivity index (χ0n) is 17.3. The fourth-order valence-electron chi connectivity index (χ4n) is 4.02. The normalized spacial score (nSPS) is 13.9. The number of rotatable bonds is 1. The molecule has 0 aliphatic carbocycles. The summed E-state index contributed by atoms with van der Waals surface area (Å²) in [6.07, 6.45) is 2.63. The van der Waals surface area contributed by atoms with Crippen LogP contribution in [0.1, 0.15) is 31.4 Å². The summed E-state index contributed by atoms with van der Waals surface area (Å²) in [5.74, 6) is 3.95. The molecule has 162 valence electrons. The Morgan fingerprint density at radius 2 is 1.88 bits per heavy atom. The monoisotopic (exact) mass is 437 g/mol. The van der Waals surface area contributed by atoms with Crippen molar-refractivity contribution in [3.05, 3.63) is 59.2 Å². The second-order valence-corrected chi connectivity index (χ2v) is 8.24. The summed E-state index contributed by atoms with van der Waals surface area (Å²) in [4.78, 5) is 6.23. The maximum atomic E-state index is 14.8. The van der Waals surface area contributed by atoms with Crippen LogP contribution in [0.15, 0.2) is 30.6 Å². The van der Waals surface area contributed by atoms with Gasteiger partial charge in [-0.15, -0.1) is 10.2 Å². The number of hydrogen-bond acceptors (Lipinski definition) is 5. The van der Waals surface area contributed by atoms with Crippen LogP contribution < -0.4 is 4.90 Å². The van der Waals surface area contributed by atoms with Crippen LogP contribution in [-0.2, 0) is 6.42 Å². The van der Waals surface area contributed by atoms with Gasteiger partial charge in [-0.25, -0.2) is 13.2 Å². The van der Waals surface area contributed by atoms with Crippen molar-refractivity contribution in [2.24, 2.45) is 0 Å². The minimum atomic E-state index is -1.24. The molecule has 0 unspecified atom stereocenters. The van der Waals surface area contributed by atoms with E-state index in [-0.39, 0.29) is 22.5 Å². The van der Waals surface area contributed by atoms with Gasteiger partial charge in [0, 0.05) is 29.2 Å². The van der Waals surface area contributed by atoms with E-state index in [0.29, 0.717) is 30.6 Å². The molecule has 1 aliphatic rings. The fraction of sp³-hybridized carbons (Fsp3) is 0.261. The first kappa shape index (κ1) is 20.3. The molecule has 32 heavy (non-hydrogen) atoms. The summed E-state index contributed by atoms with van der Waals surface area (Å²) in [5, 5.41) is 17.9. The van der Waals surface area contributed by atoms with Gasteiger partial charge in [0.15, 0.2) is 5.82 Å². The zero-order valence-corrected chi connectivity index (χ0v) is 17.3. The average Bonchev–Trinajstić information content (AvgIpc) is 3.18. The van der Waals surface area contributed by atoms with Gasteiger partial charge in [-0.1, -0.05) is 11.8 Å². The molecule has 0 fully saturated rings. The predicted molar refractivity (Wildman–Crippen MR) is 113 cm³/mol. The average molecular weight is 437 g/mol. The summed E-state index contributed by atoms with van der Waals surface area (Å²) < 4.78 is 44.9. The summed E-state index contributed by atoms with van der Waals surface area (Å²) >= 11 is 0. The summed E-state index contributed by atoms with van der Waals surface area (Å²) in [7, 11) is 0. The fourth-order valence-corrected chi connectivity index (χ4v) is 4.02. The first-order valence-corrected chi connectivity index (χ1v) is 10.1. The lowest BCUT2D eigenvalue weighted by Crippen LogP contribution is -2.27. The molecule has 0 atom stereocenters. The van der Waals surface area contributed by atoms with Crippen LogP contribution in [0.5, 0.6) is 0 Å². The quantitative estimate of drug-likeness (QED) is 0.458. The summed E-state index contributed by atoms with van der Waals surface area (Å²) in [6, 6.07) is 4.68. The second kappa shape index (κ2) is 7.21. The number of halogens is 3. The van der Waals surface area contributed by atoms with Gasteiger partial charge in [0.25, 0.3) is 5.78 Å². The highest BCUT2D eigenvalue weighted by Gasteiger charge is 2.26. The van der Waals surface area contributed by atoms with Crippen molar-refractivity contribution in [3.63, 3.8) is 0 Å². The molecule has 0 saturated carbocycles. The van der Waals surface area contributed by atoms with E-state index in [0.717, 1.165) is 11.6 Å². The lowest BCUT2D eigenvalue weighted by molar-refractivity contribution is 0.143. The number of fused-ring (bicyclic) bond motifs is 4. The van der Waals surface area contributed by atoms with Crippen LogP contribution >= 0.6 is 0 Å². The smallest absolute Gasteiger partial charge is 0.257 e. The molecule has 5 rings (SSSR count). The minimum Gasteiger partial charge on any atom is -0.378 e. The Kier molecular flexibility index (Phi) is 4.57. The molecule has 4 aromatic rings. The molecule has 0 bridgehead atoms. The molecule has 0 amide bonds. The highest BCUT2D eigenvalue weighted by Crippen LogP contribution is 2.39. The van der Waals surface area contributed by atoms with Gasteiger partial charge < -0.3 is 10.0 Å². The Morgan fingerprint density at radius 3 is 2.66 bits per heavy atom. The number of aliphatic hydroxyl groups is 1. The van der Waals surface area contributed by atoms with Crippen LogP contribution in [0.2, 0.25) is 0 Å². The van der Waals surface area contributed by atoms with E-state index in [1.807, 2.05) is 0 Å². The number of benzene rings is 2. The van der Waals surface area contributed by atoms with Crippen LogP contribution in [0.25, 0.3) is 16.7 Å². The van der Waals surface area contributed by atoms with E-state index in [9.17, 15) is 18.3 Å². The second-order valence-electron chi connectivity index (χ2n) is 8.24. The molecule has 2 aromatic heterocycles. The maximum absolute atomic E-state index is 14.8. The van der Waals surface area contributed by atoms with E-state index in [1.54, 1.807) is 18.7 Å². The number of nitrogens with zero attached hydrogens (tertiary/aromatic N) is 5. The van der Waals surface area contributed by atoms with Crippen LogP contribution in [-0.4, -0.2) is 36.8 Å². The molecule has 0 spiro atoms. The summed E-state index contributed by atoms with van der Waals surface area (Å²) in [6.45, 7) is 3.55. The predicted octanol–water partition coefficient (Wildman–Crippen LogP) is 3.90. The number of anilines is 2. The number of aromatic nitrogens is 4. The van der Waals surface area contributed by atoms with Crippen LogP contribution in [0.4, 0.5) is 24.7 Å². The topological polar surface area (TPSA) is 66.5 Å². The van der Waals surface area contributed by atoms with E-state index in [1.165, 1.54) is 28.9 Å². The van der Waals surface area contributed by atoms with E-state index in [2.05, 4.69) is 27.0 Å². The minimum absolute atomic E-state index is 0.0852. The van der Waals surface area contributed by atoms with Gasteiger partial charge in [-0.05, 0) is 50.5 Å². The first-order valence-electron chi connectivity index (χ1n) is 10.1. The molecule has 3 heterocycles. The zero-order chi connectivity index (χ0) is 22.6. The van der Waals surface area contributed by atoms with Crippen molar-refractivity contribution in [2.45, 2.75) is 32.3 Å². The van der Waals surface area contributed by atoms with Crippen molar-refractivity contribution < 1.29 is 18.3 Å². The Bertz CT molecular complexity index is 1450. The molecular formula is C23H18F3N5O. The molecule has 1 aliphatic heterocycles. The highest BCUT2D eigenvalue weighted by atomic mass is 19.1. The Morgan fingerprint density at radius 1 is 1.09 bits per heavy atom. The SMILES string of the molecule is CC(C)(O)C#Cc1cc(F)cc2c1CCCN2c1nc2nncn2c2c(F)cc(F)cc12. The Balaban J connectivity index is 1.78. The van der Waals surface area contributed by atoms with Crippen molar-refractivity contribution in [3.8, 4) is 11.8 Å². The summed E-state index contributed by atoms with van der Waals surface area (Å²) in [5.41, 5.74) is 0.597. The van der Waals surface area contributed by atoms with Gasteiger partial charge in [0.1, 0.15) is 29.4 Å². The van der Waals surface area contributed by atoms with Gasteiger partial charge in [0.2, 0.25) is 0 Å². The molecule has 1 N–H and O–H groups in total.